The minimum atomic E-state index is -0.833. The molecule has 1 saturated heterocycles. The summed E-state index contributed by atoms with van der Waals surface area (Å²) in [6.07, 6.45) is 0. The number of urea groups is 1. The summed E-state index contributed by atoms with van der Waals surface area (Å²) in [6.45, 7) is 2.16. The molecule has 7 nitrogen and oxygen atoms in total. The molecule has 1 aliphatic rings. The van der Waals surface area contributed by atoms with Crippen LogP contribution in [0.1, 0.15) is 6.92 Å². The van der Waals surface area contributed by atoms with E-state index in [2.05, 4.69) is 5.32 Å². The van der Waals surface area contributed by atoms with Crippen LogP contribution in [0, 0.1) is 10.1 Å². The number of nitro groups is 1. The van der Waals surface area contributed by atoms with Gasteiger partial charge in [-0.05, 0) is 13.0 Å². The summed E-state index contributed by atoms with van der Waals surface area (Å²) in [4.78, 5) is 23.2. The Morgan fingerprint density at radius 3 is 2.78 bits per heavy atom. The van der Waals surface area contributed by atoms with E-state index in [4.69, 9.17) is 0 Å². The summed E-state index contributed by atoms with van der Waals surface area (Å²) in [5.41, 5.74) is -0.552. The number of hydrogen-bond donors (Lipinski definition) is 2. The quantitative estimate of drug-likeness (QED) is 0.609. The molecule has 0 saturated carbocycles. The van der Waals surface area contributed by atoms with E-state index in [-0.39, 0.29) is 24.8 Å². The fourth-order valence-corrected chi connectivity index (χ4v) is 1.82. The molecule has 96 valence electrons. The second-order valence-electron chi connectivity index (χ2n) is 4.59. The average Bonchev–Trinajstić information content (AvgIpc) is 2.26. The summed E-state index contributed by atoms with van der Waals surface area (Å²) in [6, 6.07) is 5.34. The molecule has 0 unspecified atom stereocenters. The van der Waals surface area contributed by atoms with E-state index in [0.717, 1.165) is 0 Å². The predicted octanol–water partition coefficient (Wildman–Crippen LogP) is 1.19. The lowest BCUT2D eigenvalue weighted by atomic mass is 9.98. The number of carbonyl (C=O) groups excluding carboxylic acids is 1. The van der Waals surface area contributed by atoms with Gasteiger partial charge >= 0.3 is 6.03 Å². The van der Waals surface area contributed by atoms with Gasteiger partial charge in [-0.1, -0.05) is 6.07 Å². The topological polar surface area (TPSA) is 95.7 Å². The van der Waals surface area contributed by atoms with Crippen LogP contribution in [-0.4, -0.2) is 39.7 Å². The van der Waals surface area contributed by atoms with E-state index in [0.29, 0.717) is 5.69 Å². The molecule has 0 radical (unpaired) electrons. The van der Waals surface area contributed by atoms with Gasteiger partial charge in [0, 0.05) is 17.8 Å². The van der Waals surface area contributed by atoms with Gasteiger partial charge in [0.05, 0.1) is 23.6 Å². The van der Waals surface area contributed by atoms with E-state index in [1.807, 2.05) is 0 Å². The summed E-state index contributed by atoms with van der Waals surface area (Å²) < 4.78 is 0. The van der Waals surface area contributed by atoms with Crippen LogP contribution in [0.25, 0.3) is 0 Å². The number of non-ortho nitro benzene ring substituents is 1. The fraction of sp³-hybridized carbons (Fsp3) is 0.364. The zero-order valence-corrected chi connectivity index (χ0v) is 9.79. The minimum Gasteiger partial charge on any atom is -0.386 e. The van der Waals surface area contributed by atoms with Crippen molar-refractivity contribution in [1.29, 1.82) is 0 Å². The number of amides is 2. The normalized spacial score (nSPS) is 16.9. The number of rotatable bonds is 2. The lowest BCUT2D eigenvalue weighted by Gasteiger charge is -2.43. The number of carbonyl (C=O) groups is 1. The van der Waals surface area contributed by atoms with Crippen LogP contribution in [0.15, 0.2) is 24.3 Å². The van der Waals surface area contributed by atoms with Crippen molar-refractivity contribution in [1.82, 2.24) is 4.90 Å². The number of β-amino-alcohol motifs (C(OH)–C–C–N with tert-alkyl or cyclic N) is 1. The van der Waals surface area contributed by atoms with E-state index in [1.165, 1.54) is 23.1 Å². The van der Waals surface area contributed by atoms with Gasteiger partial charge in [-0.25, -0.2) is 4.79 Å². The molecular formula is C11H13N3O4. The molecule has 0 aliphatic carbocycles. The van der Waals surface area contributed by atoms with Crippen molar-refractivity contribution in [2.75, 3.05) is 18.4 Å². The smallest absolute Gasteiger partial charge is 0.322 e. The lowest BCUT2D eigenvalue weighted by molar-refractivity contribution is -0.384. The number of nitro benzene ring substituents is 1. The molecule has 1 aliphatic heterocycles. The monoisotopic (exact) mass is 251 g/mol. The van der Waals surface area contributed by atoms with Gasteiger partial charge in [-0.15, -0.1) is 0 Å². The van der Waals surface area contributed by atoms with Crippen LogP contribution in [0.3, 0.4) is 0 Å². The Hall–Kier alpha value is -2.15. The molecule has 1 aromatic carbocycles. The maximum Gasteiger partial charge on any atom is 0.322 e. The molecule has 1 aromatic rings. The van der Waals surface area contributed by atoms with Crippen molar-refractivity contribution in [2.24, 2.45) is 0 Å². The molecule has 0 bridgehead atoms. The van der Waals surface area contributed by atoms with Crippen molar-refractivity contribution >= 4 is 17.4 Å². The number of benzene rings is 1. The molecule has 1 fully saturated rings. The third kappa shape index (κ3) is 2.57. The second-order valence-corrected chi connectivity index (χ2v) is 4.59. The van der Waals surface area contributed by atoms with E-state index in [1.54, 1.807) is 13.0 Å². The first-order valence-electron chi connectivity index (χ1n) is 5.40. The second kappa shape index (κ2) is 4.26. The molecule has 7 heteroatoms. The highest BCUT2D eigenvalue weighted by Gasteiger charge is 2.39. The first-order chi connectivity index (χ1) is 8.37. The van der Waals surface area contributed by atoms with Crippen molar-refractivity contribution in [3.63, 3.8) is 0 Å². The Labute approximate surface area is 103 Å². The molecule has 2 amide bonds. The van der Waals surface area contributed by atoms with Gasteiger partial charge in [0.15, 0.2) is 0 Å². The van der Waals surface area contributed by atoms with Gasteiger partial charge < -0.3 is 15.3 Å². The average molecular weight is 251 g/mol. The maximum absolute atomic E-state index is 11.7. The Bertz CT molecular complexity index is 493. The van der Waals surface area contributed by atoms with Crippen molar-refractivity contribution < 1.29 is 14.8 Å². The molecule has 2 rings (SSSR count). The van der Waals surface area contributed by atoms with Crippen LogP contribution < -0.4 is 5.32 Å². The summed E-state index contributed by atoms with van der Waals surface area (Å²) in [5, 5.41) is 22.6. The first-order valence-corrected chi connectivity index (χ1v) is 5.40. The lowest BCUT2D eigenvalue weighted by Crippen LogP contribution is -2.62. The van der Waals surface area contributed by atoms with E-state index in [9.17, 15) is 20.0 Å². The van der Waals surface area contributed by atoms with Crippen molar-refractivity contribution in [2.45, 2.75) is 12.5 Å². The Morgan fingerprint density at radius 1 is 1.56 bits per heavy atom. The van der Waals surface area contributed by atoms with Gasteiger partial charge in [0.25, 0.3) is 5.69 Å². The molecule has 0 spiro atoms. The number of nitrogens with one attached hydrogen (secondary N) is 1. The van der Waals surface area contributed by atoms with Crippen LogP contribution in [-0.2, 0) is 0 Å². The molecule has 2 N–H and O–H groups in total. The van der Waals surface area contributed by atoms with Crippen molar-refractivity contribution in [3.8, 4) is 0 Å². The third-order valence-electron chi connectivity index (χ3n) is 2.66. The SMILES string of the molecule is CC1(O)CN(C(=O)Nc2cccc([N+](=O)[O-])c2)C1. The molecular weight excluding hydrogens is 238 g/mol. The van der Waals surface area contributed by atoms with Crippen LogP contribution in [0.2, 0.25) is 0 Å². The summed E-state index contributed by atoms with van der Waals surface area (Å²) in [7, 11) is 0. The molecule has 1 heterocycles. The van der Waals surface area contributed by atoms with Gasteiger partial charge in [0.1, 0.15) is 0 Å². The van der Waals surface area contributed by atoms with Gasteiger partial charge in [-0.3, -0.25) is 10.1 Å². The molecule has 18 heavy (non-hydrogen) atoms. The first kappa shape index (κ1) is 12.3. The largest absolute Gasteiger partial charge is 0.386 e. The van der Waals surface area contributed by atoms with Crippen LogP contribution >= 0.6 is 0 Å². The minimum absolute atomic E-state index is 0.0802. The van der Waals surface area contributed by atoms with E-state index >= 15 is 0 Å². The van der Waals surface area contributed by atoms with Gasteiger partial charge in [-0.2, -0.15) is 0 Å². The standard InChI is InChI=1S/C11H13N3O4/c1-11(16)6-13(7-11)10(15)12-8-3-2-4-9(5-8)14(17)18/h2-5,16H,6-7H2,1H3,(H,12,15). The van der Waals surface area contributed by atoms with Gasteiger partial charge in [0.2, 0.25) is 0 Å². The van der Waals surface area contributed by atoms with Crippen molar-refractivity contribution in [3.05, 3.63) is 34.4 Å². The highest BCUT2D eigenvalue weighted by atomic mass is 16.6. The summed E-state index contributed by atoms with van der Waals surface area (Å²) in [5.74, 6) is 0. The van der Waals surface area contributed by atoms with E-state index < -0.39 is 10.5 Å². The Kier molecular flexibility index (Phi) is 2.92. The predicted molar refractivity (Wildman–Crippen MR) is 64.3 cm³/mol. The fourth-order valence-electron chi connectivity index (χ4n) is 1.82. The number of hydrogen-bond acceptors (Lipinski definition) is 4. The zero-order valence-electron chi connectivity index (χ0n) is 9.79. The Balaban J connectivity index is 2.00. The zero-order chi connectivity index (χ0) is 13.3. The van der Waals surface area contributed by atoms with Crippen LogP contribution in [0.5, 0.6) is 0 Å². The number of likely N-dealkylation sites (tertiary alicyclic amines) is 1. The molecule has 0 aromatic heterocycles. The molecule has 0 atom stereocenters. The highest BCUT2D eigenvalue weighted by Crippen LogP contribution is 2.22. The van der Waals surface area contributed by atoms with Crippen LogP contribution in [0.4, 0.5) is 16.2 Å². The number of aliphatic hydroxyl groups is 1. The highest BCUT2D eigenvalue weighted by molar-refractivity contribution is 5.90. The number of anilines is 1. The maximum atomic E-state index is 11.7. The third-order valence-corrected chi connectivity index (χ3v) is 2.66. The number of nitrogens with zero attached hydrogens (tertiary/aromatic N) is 2. The Morgan fingerprint density at radius 2 is 2.22 bits per heavy atom. The summed E-state index contributed by atoms with van der Waals surface area (Å²) >= 11 is 0.